The van der Waals surface area contributed by atoms with Gasteiger partial charge in [-0.3, -0.25) is 9.99 Å². The van der Waals surface area contributed by atoms with E-state index in [4.69, 9.17) is 21.4 Å². The molecule has 2 heterocycles. The van der Waals surface area contributed by atoms with Gasteiger partial charge in [-0.15, -0.1) is 0 Å². The lowest BCUT2D eigenvalue weighted by Gasteiger charge is -2.34. The summed E-state index contributed by atoms with van der Waals surface area (Å²) in [4.78, 5) is 17.1. The van der Waals surface area contributed by atoms with Crippen LogP contribution < -0.4 is 5.01 Å². The molecule has 3 aliphatic rings. The average molecular weight is 525 g/mol. The van der Waals surface area contributed by atoms with Crippen molar-refractivity contribution >= 4 is 29.0 Å². The Morgan fingerprint density at radius 2 is 1.97 bits per heavy atom. The number of carbonyl (C=O) groups is 1. The van der Waals surface area contributed by atoms with E-state index in [-0.39, 0.29) is 12.0 Å². The van der Waals surface area contributed by atoms with E-state index in [0.717, 1.165) is 41.1 Å². The molecule has 0 saturated heterocycles. The molecule has 2 unspecified atom stereocenters. The van der Waals surface area contributed by atoms with Gasteiger partial charge in [0.05, 0.1) is 40.2 Å². The Bertz CT molecular complexity index is 1430. The fourth-order valence-electron chi connectivity index (χ4n) is 6.31. The summed E-state index contributed by atoms with van der Waals surface area (Å²) in [6.45, 7) is 0.299. The number of carbonyl (C=O) groups excluding carboxylic acids is 1. The fourth-order valence-corrected chi connectivity index (χ4v) is 6.53. The number of hydrazone groups is 1. The highest BCUT2D eigenvalue weighted by atomic mass is 35.5. The second-order valence-electron chi connectivity index (χ2n) is 10.4. The van der Waals surface area contributed by atoms with Gasteiger partial charge in [0.1, 0.15) is 6.07 Å². The number of anilines is 1. The first-order valence-electron chi connectivity index (χ1n) is 13.4. The van der Waals surface area contributed by atoms with Crippen LogP contribution in [0.1, 0.15) is 64.8 Å². The predicted octanol–water partition coefficient (Wildman–Crippen LogP) is 6.35. The van der Waals surface area contributed by atoms with Gasteiger partial charge in [0.15, 0.2) is 0 Å². The topological polar surface area (TPSA) is 78.6 Å². The van der Waals surface area contributed by atoms with Crippen molar-refractivity contribution in [3.05, 3.63) is 93.8 Å². The van der Waals surface area contributed by atoms with E-state index in [1.165, 1.54) is 25.7 Å². The Kier molecular flexibility index (Phi) is 6.86. The van der Waals surface area contributed by atoms with E-state index in [1.54, 1.807) is 12.3 Å². The summed E-state index contributed by atoms with van der Waals surface area (Å²) in [6.07, 6.45) is 9.16. The van der Waals surface area contributed by atoms with Crippen molar-refractivity contribution in [3.8, 4) is 6.07 Å². The number of esters is 1. The number of aryl methyl sites for hydroxylation is 1. The van der Waals surface area contributed by atoms with E-state index >= 15 is 0 Å². The third kappa shape index (κ3) is 4.68. The first kappa shape index (κ1) is 24.6. The Morgan fingerprint density at radius 3 is 2.74 bits per heavy atom. The number of benzene rings is 2. The van der Waals surface area contributed by atoms with E-state index in [0.29, 0.717) is 41.0 Å². The molecule has 38 heavy (non-hydrogen) atoms. The minimum Gasteiger partial charge on any atom is -0.462 e. The largest absolute Gasteiger partial charge is 0.462 e. The lowest BCUT2D eigenvalue weighted by Crippen LogP contribution is -2.40. The van der Waals surface area contributed by atoms with Crippen LogP contribution in [0.5, 0.6) is 0 Å². The Morgan fingerprint density at radius 1 is 1.11 bits per heavy atom. The third-order valence-electron chi connectivity index (χ3n) is 8.14. The van der Waals surface area contributed by atoms with Gasteiger partial charge < -0.3 is 4.74 Å². The standard InChI is InChI=1S/C31H29ClN4O2/c32-28-18-25(11-8-23(28)19-33)36-30(20-5-1-2-6-20)27-13-9-21-17-22(10-12-26(21)29(27)35-36)31(37)38-16-14-24-7-3-4-15-34-24/h3-4,7-8,10-12,15,17-18,20,27,30H,1-2,5-6,9,13-14,16H2. The molecule has 0 N–H and O–H groups in total. The second-order valence-corrected chi connectivity index (χ2v) is 10.8. The Hall–Kier alpha value is -3.69. The molecule has 2 atom stereocenters. The maximum absolute atomic E-state index is 12.8. The number of fused-ring (bicyclic) bond motifs is 3. The molecule has 0 amide bonds. The van der Waals surface area contributed by atoms with Crippen LogP contribution in [-0.2, 0) is 17.6 Å². The molecule has 3 aromatic rings. The lowest BCUT2D eigenvalue weighted by molar-refractivity contribution is 0.0508. The maximum Gasteiger partial charge on any atom is 0.338 e. The van der Waals surface area contributed by atoms with Crippen LogP contribution in [0.2, 0.25) is 5.02 Å². The number of aromatic nitrogens is 1. The van der Waals surface area contributed by atoms with Gasteiger partial charge in [-0.05, 0) is 79.6 Å². The smallest absolute Gasteiger partial charge is 0.338 e. The molecule has 1 aromatic heterocycles. The summed E-state index contributed by atoms with van der Waals surface area (Å²) >= 11 is 6.42. The van der Waals surface area contributed by atoms with Crippen LogP contribution in [0.25, 0.3) is 0 Å². The summed E-state index contributed by atoms with van der Waals surface area (Å²) in [6, 6.07) is 19.6. The van der Waals surface area contributed by atoms with Crippen molar-refractivity contribution in [2.24, 2.45) is 16.9 Å². The Balaban J connectivity index is 1.25. The number of hydrogen-bond acceptors (Lipinski definition) is 6. The molecule has 1 aliphatic heterocycles. The number of nitriles is 1. The quantitative estimate of drug-likeness (QED) is 0.351. The van der Waals surface area contributed by atoms with E-state index in [9.17, 15) is 10.1 Å². The zero-order valence-corrected chi connectivity index (χ0v) is 21.9. The number of pyridine rings is 1. The lowest BCUT2D eigenvalue weighted by atomic mass is 9.75. The van der Waals surface area contributed by atoms with Crippen LogP contribution in [-0.4, -0.2) is 29.3 Å². The minimum absolute atomic E-state index is 0.279. The molecule has 1 saturated carbocycles. The first-order valence-corrected chi connectivity index (χ1v) is 13.8. The van der Waals surface area contributed by atoms with Crippen molar-refractivity contribution in [3.63, 3.8) is 0 Å². The van der Waals surface area contributed by atoms with Gasteiger partial charge >= 0.3 is 5.97 Å². The van der Waals surface area contributed by atoms with Crippen LogP contribution in [0, 0.1) is 23.2 Å². The van der Waals surface area contributed by atoms with Crippen LogP contribution >= 0.6 is 11.6 Å². The number of halogens is 1. The van der Waals surface area contributed by atoms with Crippen molar-refractivity contribution in [2.75, 3.05) is 11.6 Å². The molecule has 6 rings (SSSR count). The highest BCUT2D eigenvalue weighted by molar-refractivity contribution is 6.32. The molecule has 1 fully saturated rings. The van der Waals surface area contributed by atoms with E-state index in [2.05, 4.69) is 16.1 Å². The predicted molar refractivity (Wildman–Crippen MR) is 147 cm³/mol. The molecule has 2 aliphatic carbocycles. The van der Waals surface area contributed by atoms with E-state index < -0.39 is 0 Å². The summed E-state index contributed by atoms with van der Waals surface area (Å²) in [7, 11) is 0. The van der Waals surface area contributed by atoms with Gasteiger partial charge in [-0.1, -0.05) is 36.6 Å². The van der Waals surface area contributed by atoms with E-state index in [1.807, 2.05) is 48.5 Å². The molecular formula is C31H29ClN4O2. The van der Waals surface area contributed by atoms with Crippen molar-refractivity contribution in [1.29, 1.82) is 5.26 Å². The van der Waals surface area contributed by atoms with Gasteiger partial charge in [-0.2, -0.15) is 10.4 Å². The monoisotopic (exact) mass is 524 g/mol. The van der Waals surface area contributed by atoms with Gasteiger partial charge in [0, 0.05) is 29.8 Å². The van der Waals surface area contributed by atoms with Crippen LogP contribution in [0.4, 0.5) is 5.69 Å². The third-order valence-corrected chi connectivity index (χ3v) is 8.45. The average Bonchev–Trinajstić information content (AvgIpc) is 3.61. The summed E-state index contributed by atoms with van der Waals surface area (Å²) in [5, 5.41) is 17.1. The maximum atomic E-state index is 12.8. The first-order chi connectivity index (χ1) is 18.6. The molecule has 7 heteroatoms. The molecule has 6 nitrogen and oxygen atoms in total. The second kappa shape index (κ2) is 10.6. The number of nitrogens with zero attached hydrogens (tertiary/aromatic N) is 4. The van der Waals surface area contributed by atoms with Crippen molar-refractivity contribution < 1.29 is 9.53 Å². The normalized spacial score (nSPS) is 20.4. The summed E-state index contributed by atoms with van der Waals surface area (Å²) in [5.41, 5.74) is 6.24. The summed E-state index contributed by atoms with van der Waals surface area (Å²) < 4.78 is 5.55. The fraction of sp³-hybridized carbons (Fsp3) is 0.355. The van der Waals surface area contributed by atoms with Crippen LogP contribution in [0.15, 0.2) is 65.9 Å². The molecule has 2 aromatic carbocycles. The van der Waals surface area contributed by atoms with Gasteiger partial charge in [0.2, 0.25) is 0 Å². The zero-order chi connectivity index (χ0) is 26.1. The molecule has 0 spiro atoms. The minimum atomic E-state index is -0.308. The van der Waals surface area contributed by atoms with Gasteiger partial charge in [0.25, 0.3) is 0 Å². The number of hydrogen-bond donors (Lipinski definition) is 0. The van der Waals surface area contributed by atoms with Crippen molar-refractivity contribution in [1.82, 2.24) is 4.98 Å². The number of ether oxygens (including phenoxy) is 1. The molecule has 0 radical (unpaired) electrons. The highest BCUT2D eigenvalue weighted by Crippen LogP contribution is 2.45. The summed E-state index contributed by atoms with van der Waals surface area (Å²) in [5.74, 6) is 0.596. The van der Waals surface area contributed by atoms with Crippen LogP contribution in [0.3, 0.4) is 0 Å². The molecule has 192 valence electrons. The number of rotatable bonds is 6. The van der Waals surface area contributed by atoms with Crippen molar-refractivity contribution in [2.45, 2.75) is 51.0 Å². The highest BCUT2D eigenvalue weighted by Gasteiger charge is 2.45. The molecule has 0 bridgehead atoms. The SMILES string of the molecule is N#Cc1ccc(N2N=C3c4ccc(C(=O)OCCc5ccccn5)cc4CCC3C2C2CCCC2)cc1Cl. The molecular weight excluding hydrogens is 496 g/mol. The van der Waals surface area contributed by atoms with Gasteiger partial charge in [-0.25, -0.2) is 4.79 Å². The Labute approximate surface area is 227 Å². The zero-order valence-electron chi connectivity index (χ0n) is 21.1.